The van der Waals surface area contributed by atoms with Gasteiger partial charge in [-0.25, -0.2) is 5.01 Å². The first kappa shape index (κ1) is 22.8. The van der Waals surface area contributed by atoms with Crippen molar-refractivity contribution in [3.05, 3.63) is 53.6 Å². The molecule has 1 N–H and O–H groups in total. The van der Waals surface area contributed by atoms with Gasteiger partial charge in [-0.3, -0.25) is 9.59 Å². The third kappa shape index (κ3) is 5.72. The summed E-state index contributed by atoms with van der Waals surface area (Å²) >= 11 is 0. The molecule has 2 amide bonds. The maximum Gasteiger partial charge on any atom is 0.243 e. The van der Waals surface area contributed by atoms with Crippen molar-refractivity contribution in [2.75, 3.05) is 12.4 Å². The van der Waals surface area contributed by atoms with Crippen LogP contribution >= 0.6 is 0 Å². The molecule has 7 heteroatoms. The first-order chi connectivity index (χ1) is 16.1. The molecule has 33 heavy (non-hydrogen) atoms. The summed E-state index contributed by atoms with van der Waals surface area (Å²) in [5, 5.41) is 9.03. The molecule has 7 nitrogen and oxygen atoms in total. The Kier molecular flexibility index (Phi) is 7.27. The summed E-state index contributed by atoms with van der Waals surface area (Å²) in [7, 11) is 1.65. The van der Waals surface area contributed by atoms with Crippen LogP contribution in [0.2, 0.25) is 0 Å². The summed E-state index contributed by atoms with van der Waals surface area (Å²) in [5.74, 6) is 1.42. The number of hydrogen-bond donors (Lipinski definition) is 1. The Morgan fingerprint density at radius 1 is 1.09 bits per heavy atom. The molecular formula is C26H31N3O4. The van der Waals surface area contributed by atoms with E-state index in [-0.39, 0.29) is 17.9 Å². The van der Waals surface area contributed by atoms with E-state index in [4.69, 9.17) is 9.47 Å². The van der Waals surface area contributed by atoms with Crippen LogP contribution in [-0.4, -0.2) is 35.7 Å². The van der Waals surface area contributed by atoms with Crippen molar-refractivity contribution in [1.82, 2.24) is 5.01 Å². The zero-order chi connectivity index (χ0) is 23.2. The van der Waals surface area contributed by atoms with Crippen molar-refractivity contribution in [2.45, 2.75) is 64.5 Å². The molecule has 0 spiro atoms. The Morgan fingerprint density at radius 2 is 1.85 bits per heavy atom. The molecule has 0 atom stereocenters. The summed E-state index contributed by atoms with van der Waals surface area (Å²) < 4.78 is 11.7. The highest BCUT2D eigenvalue weighted by molar-refractivity contribution is 6.04. The zero-order valence-corrected chi connectivity index (χ0v) is 19.3. The number of hydrogen-bond acceptors (Lipinski definition) is 5. The number of nitrogens with zero attached hydrogens (tertiary/aromatic N) is 2. The average Bonchev–Trinajstić information content (AvgIpc) is 3.34. The third-order valence-electron chi connectivity index (χ3n) is 6.09. The van der Waals surface area contributed by atoms with Crippen LogP contribution < -0.4 is 14.8 Å². The van der Waals surface area contributed by atoms with E-state index < -0.39 is 0 Å². The lowest BCUT2D eigenvalue weighted by molar-refractivity contribution is -0.132. The van der Waals surface area contributed by atoms with Crippen LogP contribution in [0.3, 0.4) is 0 Å². The molecule has 0 unspecified atom stereocenters. The van der Waals surface area contributed by atoms with Gasteiger partial charge < -0.3 is 14.8 Å². The van der Waals surface area contributed by atoms with Crippen LogP contribution in [-0.2, 0) is 16.1 Å². The SMILES string of the molecule is CCC(=O)Nc1ccc(CN2N=C(c3ccc(OC)c(OC4CCCC4)c3)CCC2=O)cc1. The summed E-state index contributed by atoms with van der Waals surface area (Å²) in [6.45, 7) is 2.19. The quantitative estimate of drug-likeness (QED) is 0.622. The van der Waals surface area contributed by atoms with Crippen LogP contribution in [0, 0.1) is 0 Å². The number of carbonyl (C=O) groups is 2. The summed E-state index contributed by atoms with van der Waals surface area (Å²) in [6, 6.07) is 13.4. The first-order valence-corrected chi connectivity index (χ1v) is 11.7. The van der Waals surface area contributed by atoms with Crippen LogP contribution in [0.15, 0.2) is 47.6 Å². The van der Waals surface area contributed by atoms with Crippen LogP contribution in [0.4, 0.5) is 5.69 Å². The number of rotatable bonds is 8. The molecule has 2 aliphatic rings. The van der Waals surface area contributed by atoms with Gasteiger partial charge in [0.05, 0.1) is 25.5 Å². The Balaban J connectivity index is 1.50. The molecule has 1 fully saturated rings. The molecule has 2 aromatic carbocycles. The number of hydrazone groups is 1. The Bertz CT molecular complexity index is 1030. The second-order valence-corrected chi connectivity index (χ2v) is 8.49. The van der Waals surface area contributed by atoms with E-state index in [0.29, 0.717) is 31.6 Å². The Labute approximate surface area is 194 Å². The average molecular weight is 450 g/mol. The Morgan fingerprint density at radius 3 is 2.55 bits per heavy atom. The van der Waals surface area contributed by atoms with Gasteiger partial charge in [0, 0.05) is 30.5 Å². The van der Waals surface area contributed by atoms with E-state index in [1.54, 1.807) is 7.11 Å². The van der Waals surface area contributed by atoms with Gasteiger partial charge in [0.15, 0.2) is 11.5 Å². The van der Waals surface area contributed by atoms with Gasteiger partial charge >= 0.3 is 0 Å². The number of nitrogens with one attached hydrogen (secondary N) is 1. The minimum absolute atomic E-state index is 0.00180. The number of benzene rings is 2. The van der Waals surface area contributed by atoms with Crippen molar-refractivity contribution >= 4 is 23.2 Å². The second-order valence-electron chi connectivity index (χ2n) is 8.49. The maximum atomic E-state index is 12.5. The highest BCUT2D eigenvalue weighted by Gasteiger charge is 2.23. The maximum absolute atomic E-state index is 12.5. The van der Waals surface area contributed by atoms with Gasteiger partial charge in [0.25, 0.3) is 0 Å². The molecule has 2 aromatic rings. The standard InChI is InChI=1S/C26H31N3O4/c1-3-25(30)27-20-11-8-18(9-12-20)17-29-26(31)15-13-22(28-29)19-10-14-23(32-2)24(16-19)33-21-6-4-5-7-21/h8-12,14,16,21H,3-7,13,15,17H2,1-2H3,(H,27,30). The van der Waals surface area contributed by atoms with E-state index in [0.717, 1.165) is 41.1 Å². The van der Waals surface area contributed by atoms with Gasteiger partial charge in [-0.1, -0.05) is 19.1 Å². The number of amides is 2. The molecular weight excluding hydrogens is 418 g/mol. The molecule has 0 saturated heterocycles. The Hall–Kier alpha value is -3.35. The third-order valence-corrected chi connectivity index (χ3v) is 6.09. The summed E-state index contributed by atoms with van der Waals surface area (Å²) in [6.07, 6.45) is 6.19. The fraction of sp³-hybridized carbons (Fsp3) is 0.423. The van der Waals surface area contributed by atoms with Crippen molar-refractivity contribution in [2.24, 2.45) is 5.10 Å². The number of ether oxygens (including phenoxy) is 2. The lowest BCUT2D eigenvalue weighted by atomic mass is 10.0. The number of methoxy groups -OCH3 is 1. The van der Waals surface area contributed by atoms with E-state index in [1.165, 1.54) is 17.9 Å². The lowest BCUT2D eigenvalue weighted by Crippen LogP contribution is -2.31. The van der Waals surface area contributed by atoms with Crippen LogP contribution in [0.25, 0.3) is 0 Å². The monoisotopic (exact) mass is 449 g/mol. The van der Waals surface area contributed by atoms with Crippen LogP contribution in [0.5, 0.6) is 11.5 Å². The molecule has 0 bridgehead atoms. The van der Waals surface area contributed by atoms with Crippen molar-refractivity contribution in [1.29, 1.82) is 0 Å². The van der Waals surface area contributed by atoms with Gasteiger partial charge in [0.1, 0.15) is 0 Å². The molecule has 174 valence electrons. The van der Waals surface area contributed by atoms with Gasteiger partial charge in [-0.2, -0.15) is 5.10 Å². The van der Waals surface area contributed by atoms with E-state index in [9.17, 15) is 9.59 Å². The predicted octanol–water partition coefficient (Wildman–Crippen LogP) is 4.89. The molecule has 1 aliphatic heterocycles. The van der Waals surface area contributed by atoms with E-state index in [2.05, 4.69) is 10.4 Å². The molecule has 4 rings (SSSR count). The van der Waals surface area contributed by atoms with Gasteiger partial charge in [-0.05, 0) is 61.6 Å². The lowest BCUT2D eigenvalue weighted by Gasteiger charge is -2.24. The van der Waals surface area contributed by atoms with Crippen molar-refractivity contribution in [3.8, 4) is 11.5 Å². The molecule has 1 saturated carbocycles. The molecule has 1 heterocycles. The smallest absolute Gasteiger partial charge is 0.243 e. The minimum atomic E-state index is -0.0287. The normalized spacial score (nSPS) is 16.5. The molecule has 1 aliphatic carbocycles. The fourth-order valence-electron chi connectivity index (χ4n) is 4.18. The number of anilines is 1. The number of carbonyl (C=O) groups excluding carboxylic acids is 2. The van der Waals surface area contributed by atoms with Crippen molar-refractivity contribution < 1.29 is 19.1 Å². The second kappa shape index (κ2) is 10.5. The summed E-state index contributed by atoms with van der Waals surface area (Å²) in [4.78, 5) is 24.1. The van der Waals surface area contributed by atoms with E-state index >= 15 is 0 Å². The first-order valence-electron chi connectivity index (χ1n) is 11.7. The highest BCUT2D eigenvalue weighted by Crippen LogP contribution is 2.33. The largest absolute Gasteiger partial charge is 0.493 e. The molecule has 0 radical (unpaired) electrons. The highest BCUT2D eigenvalue weighted by atomic mass is 16.5. The predicted molar refractivity (Wildman–Crippen MR) is 128 cm³/mol. The van der Waals surface area contributed by atoms with Crippen molar-refractivity contribution in [3.63, 3.8) is 0 Å². The summed E-state index contributed by atoms with van der Waals surface area (Å²) in [5.41, 5.74) is 3.50. The minimum Gasteiger partial charge on any atom is -0.493 e. The van der Waals surface area contributed by atoms with Gasteiger partial charge in [0.2, 0.25) is 11.8 Å². The van der Waals surface area contributed by atoms with E-state index in [1.807, 2.05) is 49.4 Å². The molecule has 0 aromatic heterocycles. The fourth-order valence-corrected chi connectivity index (χ4v) is 4.18. The zero-order valence-electron chi connectivity index (χ0n) is 19.3. The topological polar surface area (TPSA) is 80.2 Å². The van der Waals surface area contributed by atoms with Crippen LogP contribution in [0.1, 0.15) is 63.0 Å². The van der Waals surface area contributed by atoms with Gasteiger partial charge in [-0.15, -0.1) is 0 Å².